The standard InChI is InChI=1S/C2H2N2O3/c3-1-6-7-2(4)5/h(H2,4,5). The number of nitrogens with zero attached hydrogens (tertiary/aromatic N) is 1. The van der Waals surface area contributed by atoms with Crippen molar-refractivity contribution in [1.29, 1.82) is 5.26 Å². The van der Waals surface area contributed by atoms with Crippen LogP contribution in [0, 0.1) is 11.5 Å². The van der Waals surface area contributed by atoms with Crippen LogP contribution >= 0.6 is 0 Å². The molecule has 0 aromatic rings. The number of hydrogen-bond acceptors (Lipinski definition) is 4. The molecule has 0 aliphatic rings. The Balaban J connectivity index is 3.02. The predicted octanol–water partition coefficient (Wildman–Crippen LogP) is -0.506. The zero-order chi connectivity index (χ0) is 5.70. The molecule has 0 saturated carbocycles. The Kier molecular flexibility index (Phi) is 2.21. The summed E-state index contributed by atoms with van der Waals surface area (Å²) < 4.78 is 0. The van der Waals surface area contributed by atoms with Gasteiger partial charge in [0.1, 0.15) is 0 Å². The fourth-order valence-electron chi connectivity index (χ4n) is 0.0597. The first kappa shape index (κ1) is 5.56. The second-order valence-corrected chi connectivity index (χ2v) is 0.577. The average Bonchev–Trinajstić information content (AvgIpc) is 1.61. The molecule has 0 saturated heterocycles. The lowest BCUT2D eigenvalue weighted by atomic mass is 11.3. The van der Waals surface area contributed by atoms with Crippen molar-refractivity contribution in [3.8, 4) is 6.26 Å². The SMILES string of the molecule is N#COOC(N)=O. The van der Waals surface area contributed by atoms with Crippen molar-refractivity contribution in [2.75, 3.05) is 0 Å². The van der Waals surface area contributed by atoms with Gasteiger partial charge >= 0.3 is 12.3 Å². The Bertz CT molecular complexity index is 104. The minimum atomic E-state index is -1.14. The molecule has 0 bridgehead atoms. The highest BCUT2D eigenvalue weighted by Crippen LogP contribution is 1.69. The summed E-state index contributed by atoms with van der Waals surface area (Å²) in [5, 5.41) is 7.51. The van der Waals surface area contributed by atoms with Crippen molar-refractivity contribution in [3.63, 3.8) is 0 Å². The molecule has 1 amide bonds. The average molecular weight is 102 g/mol. The van der Waals surface area contributed by atoms with Crippen molar-refractivity contribution in [1.82, 2.24) is 0 Å². The van der Waals surface area contributed by atoms with Crippen molar-refractivity contribution in [2.45, 2.75) is 0 Å². The lowest BCUT2D eigenvalue weighted by molar-refractivity contribution is -0.172. The first-order valence-electron chi connectivity index (χ1n) is 1.29. The third-order valence-electron chi connectivity index (χ3n) is 0.161. The summed E-state index contributed by atoms with van der Waals surface area (Å²) in [5.74, 6) is 0. The zero-order valence-electron chi connectivity index (χ0n) is 3.25. The number of hydrogen-bond donors (Lipinski definition) is 1. The number of carbonyl (C=O) groups excluding carboxylic acids is 1. The summed E-state index contributed by atoms with van der Waals surface area (Å²) in [6, 6.07) is 0. The molecule has 2 N–H and O–H groups in total. The summed E-state index contributed by atoms with van der Waals surface area (Å²) >= 11 is 0. The Morgan fingerprint density at radius 3 is 2.57 bits per heavy atom. The Labute approximate surface area is 39.2 Å². The van der Waals surface area contributed by atoms with E-state index in [1.165, 1.54) is 0 Å². The van der Waals surface area contributed by atoms with Gasteiger partial charge in [-0.1, -0.05) is 0 Å². The summed E-state index contributed by atoms with van der Waals surface area (Å²) in [6.07, 6.45) is -0.0615. The fraction of sp³-hybridized carbons (Fsp3) is 0. The fourth-order valence-corrected chi connectivity index (χ4v) is 0.0597. The minimum absolute atomic E-state index is 1.08. The van der Waals surface area contributed by atoms with E-state index in [9.17, 15) is 4.79 Å². The Hall–Kier alpha value is -1.44. The van der Waals surface area contributed by atoms with Gasteiger partial charge in [0.05, 0.1) is 0 Å². The van der Waals surface area contributed by atoms with Crippen LogP contribution in [0.5, 0.6) is 0 Å². The first-order chi connectivity index (χ1) is 3.27. The summed E-state index contributed by atoms with van der Waals surface area (Å²) in [4.78, 5) is 16.4. The number of carbonyl (C=O) groups is 1. The van der Waals surface area contributed by atoms with Crippen LogP contribution < -0.4 is 5.73 Å². The summed E-state index contributed by atoms with van der Waals surface area (Å²) in [6.45, 7) is 0. The molecule has 0 rings (SSSR count). The zero-order valence-corrected chi connectivity index (χ0v) is 3.25. The van der Waals surface area contributed by atoms with Crippen LogP contribution in [0.4, 0.5) is 4.79 Å². The monoisotopic (exact) mass is 102 g/mol. The molecular weight excluding hydrogens is 100 g/mol. The molecule has 0 unspecified atom stereocenters. The molecule has 0 aromatic carbocycles. The van der Waals surface area contributed by atoms with Gasteiger partial charge in [-0.15, -0.1) is 5.26 Å². The predicted molar refractivity (Wildman–Crippen MR) is 17.4 cm³/mol. The maximum absolute atomic E-state index is 9.48. The van der Waals surface area contributed by atoms with Crippen LogP contribution in [-0.4, -0.2) is 6.09 Å². The van der Waals surface area contributed by atoms with Crippen LogP contribution in [0.25, 0.3) is 0 Å². The third-order valence-corrected chi connectivity index (χ3v) is 0.161. The van der Waals surface area contributed by atoms with Crippen molar-refractivity contribution in [2.24, 2.45) is 5.73 Å². The lowest BCUT2D eigenvalue weighted by Crippen LogP contribution is -2.11. The van der Waals surface area contributed by atoms with E-state index in [0.29, 0.717) is 0 Å². The topological polar surface area (TPSA) is 85.3 Å². The van der Waals surface area contributed by atoms with E-state index in [1.807, 2.05) is 0 Å². The summed E-state index contributed by atoms with van der Waals surface area (Å²) in [5.41, 5.74) is 4.34. The minimum Gasteiger partial charge on any atom is -0.332 e. The number of nitrogens with two attached hydrogens (primary N) is 1. The van der Waals surface area contributed by atoms with Crippen LogP contribution in [0.2, 0.25) is 0 Å². The second-order valence-electron chi connectivity index (χ2n) is 0.577. The normalized spacial score (nSPS) is 6.14. The molecule has 5 heteroatoms. The number of rotatable bonds is 1. The molecule has 7 heavy (non-hydrogen) atoms. The Morgan fingerprint density at radius 1 is 1.86 bits per heavy atom. The van der Waals surface area contributed by atoms with Gasteiger partial charge in [0.15, 0.2) is 0 Å². The van der Waals surface area contributed by atoms with E-state index in [0.717, 1.165) is 6.26 Å². The number of amides is 1. The quantitative estimate of drug-likeness (QED) is 0.274. The van der Waals surface area contributed by atoms with Crippen LogP contribution in [0.15, 0.2) is 0 Å². The van der Waals surface area contributed by atoms with Gasteiger partial charge in [0, 0.05) is 0 Å². The number of nitriles is 1. The van der Waals surface area contributed by atoms with Crippen molar-refractivity contribution >= 4 is 6.09 Å². The maximum Gasteiger partial charge on any atom is 0.448 e. The van der Waals surface area contributed by atoms with Crippen LogP contribution in [-0.2, 0) is 9.78 Å². The van der Waals surface area contributed by atoms with Crippen molar-refractivity contribution in [3.05, 3.63) is 0 Å². The molecule has 0 aliphatic carbocycles. The smallest absolute Gasteiger partial charge is 0.332 e. The second kappa shape index (κ2) is 2.78. The van der Waals surface area contributed by atoms with E-state index < -0.39 is 6.09 Å². The highest BCUT2D eigenvalue weighted by atomic mass is 17.2. The largest absolute Gasteiger partial charge is 0.448 e. The molecule has 0 spiro atoms. The molecule has 5 nitrogen and oxygen atoms in total. The van der Waals surface area contributed by atoms with Gasteiger partial charge in [-0.2, -0.15) is 4.89 Å². The first-order valence-corrected chi connectivity index (χ1v) is 1.29. The number of primary amides is 1. The van der Waals surface area contributed by atoms with Crippen LogP contribution in [0.3, 0.4) is 0 Å². The molecule has 0 aromatic heterocycles. The highest BCUT2D eigenvalue weighted by Gasteiger charge is 1.88. The van der Waals surface area contributed by atoms with E-state index in [4.69, 9.17) is 5.26 Å². The molecular formula is C2H2N2O3. The van der Waals surface area contributed by atoms with E-state index in [-0.39, 0.29) is 0 Å². The van der Waals surface area contributed by atoms with Gasteiger partial charge in [0.25, 0.3) is 0 Å². The van der Waals surface area contributed by atoms with Gasteiger partial charge in [-0.05, 0) is 0 Å². The molecule has 0 fully saturated rings. The van der Waals surface area contributed by atoms with Gasteiger partial charge < -0.3 is 5.73 Å². The molecule has 0 atom stereocenters. The van der Waals surface area contributed by atoms with E-state index >= 15 is 0 Å². The van der Waals surface area contributed by atoms with E-state index in [1.54, 1.807) is 0 Å². The van der Waals surface area contributed by atoms with Gasteiger partial charge in [-0.3, -0.25) is 0 Å². The highest BCUT2D eigenvalue weighted by molar-refractivity contribution is 5.63. The third kappa shape index (κ3) is 4.56. The molecule has 38 valence electrons. The lowest BCUT2D eigenvalue weighted by Gasteiger charge is -1.84. The van der Waals surface area contributed by atoms with Crippen molar-refractivity contribution < 1.29 is 14.6 Å². The Morgan fingerprint density at radius 2 is 2.43 bits per heavy atom. The molecule has 0 aliphatic heterocycles. The molecule has 0 radical (unpaired) electrons. The van der Waals surface area contributed by atoms with Gasteiger partial charge in [-0.25, -0.2) is 9.68 Å². The van der Waals surface area contributed by atoms with E-state index in [2.05, 4.69) is 15.5 Å². The summed E-state index contributed by atoms with van der Waals surface area (Å²) in [7, 11) is 0. The van der Waals surface area contributed by atoms with Gasteiger partial charge in [0.2, 0.25) is 0 Å². The maximum atomic E-state index is 9.48. The molecule has 0 heterocycles. The van der Waals surface area contributed by atoms with Crippen LogP contribution in [0.1, 0.15) is 0 Å².